The smallest absolute Gasteiger partial charge is 0.412 e. The third kappa shape index (κ3) is 5.81. The van der Waals surface area contributed by atoms with E-state index in [1.165, 1.54) is 7.11 Å². The molecule has 0 aliphatic carbocycles. The van der Waals surface area contributed by atoms with Crippen LogP contribution in [0.5, 0.6) is 0 Å². The largest absolute Gasteiger partial charge is 0.469 e. The van der Waals surface area contributed by atoms with Crippen molar-refractivity contribution in [1.82, 2.24) is 14.9 Å². The quantitative estimate of drug-likeness (QED) is 0.352. The van der Waals surface area contributed by atoms with E-state index in [9.17, 15) is 19.2 Å². The number of amides is 3. The van der Waals surface area contributed by atoms with E-state index >= 15 is 0 Å². The normalized spacial score (nSPS) is 21.7. The molecule has 1 aromatic heterocycles. The molecule has 3 aromatic rings. The molecule has 3 aliphatic rings. The Bertz CT molecular complexity index is 1600. The lowest BCUT2D eigenvalue weighted by Gasteiger charge is -2.45. The Morgan fingerprint density at radius 3 is 2.81 bits per heavy atom. The molecule has 2 bridgehead atoms. The van der Waals surface area contributed by atoms with Gasteiger partial charge in [0, 0.05) is 29.1 Å². The number of aromatic amines is 1. The number of carbonyl (C=O) groups is 4. The minimum absolute atomic E-state index is 0.0732. The number of halogens is 1. The molecule has 1 spiro atoms. The van der Waals surface area contributed by atoms with Crippen LogP contribution in [-0.2, 0) is 35.9 Å². The molecule has 43 heavy (non-hydrogen) atoms. The van der Waals surface area contributed by atoms with Crippen LogP contribution in [0.1, 0.15) is 61.4 Å². The highest BCUT2D eigenvalue weighted by molar-refractivity contribution is 6.30. The van der Waals surface area contributed by atoms with Crippen molar-refractivity contribution >= 4 is 46.9 Å². The number of nitrogens with one attached hydrogen (secondary N) is 3. The van der Waals surface area contributed by atoms with Crippen molar-refractivity contribution in [2.75, 3.05) is 30.8 Å². The number of esters is 1. The van der Waals surface area contributed by atoms with Gasteiger partial charge in [-0.3, -0.25) is 19.7 Å². The number of hydrogen-bond acceptors (Lipinski definition) is 7. The van der Waals surface area contributed by atoms with Gasteiger partial charge in [-0.2, -0.15) is 0 Å². The van der Waals surface area contributed by atoms with Gasteiger partial charge in [0.25, 0.3) is 0 Å². The molecule has 0 radical (unpaired) electrons. The number of benzene rings is 2. The van der Waals surface area contributed by atoms with Gasteiger partial charge >= 0.3 is 12.1 Å². The van der Waals surface area contributed by atoms with Gasteiger partial charge < -0.3 is 24.7 Å². The van der Waals surface area contributed by atoms with E-state index in [-0.39, 0.29) is 37.2 Å². The summed E-state index contributed by atoms with van der Waals surface area (Å²) in [6.07, 6.45) is 4.37. The monoisotopic (exact) mass is 605 g/mol. The van der Waals surface area contributed by atoms with Gasteiger partial charge in [-0.25, -0.2) is 9.78 Å². The first-order valence-corrected chi connectivity index (χ1v) is 14.8. The van der Waals surface area contributed by atoms with Crippen LogP contribution in [0.4, 0.5) is 16.2 Å². The van der Waals surface area contributed by atoms with E-state index in [0.717, 1.165) is 5.56 Å². The number of methoxy groups -OCH3 is 1. The molecule has 1 saturated heterocycles. The van der Waals surface area contributed by atoms with Gasteiger partial charge in [0.05, 0.1) is 49.3 Å². The number of hydrogen-bond donors (Lipinski definition) is 3. The van der Waals surface area contributed by atoms with Gasteiger partial charge in [-0.05, 0) is 55.5 Å². The molecule has 1 fully saturated rings. The summed E-state index contributed by atoms with van der Waals surface area (Å²) in [6.45, 7) is 0.713. The van der Waals surface area contributed by atoms with Crippen LogP contribution in [0.2, 0.25) is 5.02 Å². The van der Waals surface area contributed by atoms with Gasteiger partial charge in [0.1, 0.15) is 5.82 Å². The summed E-state index contributed by atoms with van der Waals surface area (Å²) in [7, 11) is 1.33. The summed E-state index contributed by atoms with van der Waals surface area (Å²) in [5, 5.41) is 6.23. The molecule has 3 amide bonds. The van der Waals surface area contributed by atoms with E-state index < -0.39 is 17.6 Å². The fourth-order valence-electron chi connectivity index (χ4n) is 6.26. The van der Waals surface area contributed by atoms with Crippen LogP contribution in [0.3, 0.4) is 0 Å². The topological polar surface area (TPSA) is 143 Å². The van der Waals surface area contributed by atoms with E-state index in [2.05, 4.69) is 20.6 Å². The SMILES string of the molecule is COC(=O)Cc1ccc2c(c1)NC(=O)CCCC[C@H](C(=O)N1CCC[C@@]3(C1)OC(=O)Nc1ccc(Cl)cc13)c1ncc-2[nH]1. The lowest BCUT2D eigenvalue weighted by Crippen LogP contribution is -2.54. The number of anilines is 2. The van der Waals surface area contributed by atoms with E-state index in [4.69, 9.17) is 21.1 Å². The maximum absolute atomic E-state index is 14.2. The summed E-state index contributed by atoms with van der Waals surface area (Å²) in [5.41, 5.74) is 2.96. The van der Waals surface area contributed by atoms with E-state index in [0.29, 0.717) is 77.7 Å². The van der Waals surface area contributed by atoms with Crippen molar-refractivity contribution in [3.05, 3.63) is 64.6 Å². The number of fused-ring (bicyclic) bond motifs is 6. The zero-order valence-corrected chi connectivity index (χ0v) is 24.5. The Labute approximate surface area is 253 Å². The Hall–Kier alpha value is -4.38. The molecule has 3 N–H and O–H groups in total. The summed E-state index contributed by atoms with van der Waals surface area (Å²) in [5.74, 6) is -0.697. The molecular weight excluding hydrogens is 574 g/mol. The maximum atomic E-state index is 14.2. The summed E-state index contributed by atoms with van der Waals surface area (Å²) in [4.78, 5) is 61.1. The van der Waals surface area contributed by atoms with E-state index in [1.54, 1.807) is 41.4 Å². The van der Waals surface area contributed by atoms with E-state index in [1.807, 2.05) is 6.07 Å². The van der Waals surface area contributed by atoms with Gasteiger partial charge in [-0.15, -0.1) is 0 Å². The predicted molar refractivity (Wildman–Crippen MR) is 159 cm³/mol. The molecule has 3 aliphatic heterocycles. The highest BCUT2D eigenvalue weighted by Crippen LogP contribution is 2.44. The Morgan fingerprint density at radius 1 is 1.12 bits per heavy atom. The number of nitrogens with zero attached hydrogens (tertiary/aromatic N) is 2. The number of imidazole rings is 1. The first kappa shape index (κ1) is 28.7. The van der Waals surface area contributed by atoms with Crippen molar-refractivity contribution < 1.29 is 28.7 Å². The molecule has 224 valence electrons. The fourth-order valence-corrected chi connectivity index (χ4v) is 6.43. The Morgan fingerprint density at radius 2 is 1.98 bits per heavy atom. The number of piperidine rings is 1. The lowest BCUT2D eigenvalue weighted by molar-refractivity contribution is -0.141. The summed E-state index contributed by atoms with van der Waals surface area (Å²) >= 11 is 6.32. The van der Waals surface area contributed by atoms with Crippen LogP contribution >= 0.6 is 11.6 Å². The minimum atomic E-state index is -1.00. The van der Waals surface area contributed by atoms with Crippen molar-refractivity contribution in [2.45, 2.75) is 56.5 Å². The predicted octanol–water partition coefficient (Wildman–Crippen LogP) is 5.12. The molecule has 6 rings (SSSR count). The zero-order valence-electron chi connectivity index (χ0n) is 23.7. The molecular formula is C31H32ClN5O6. The molecule has 11 nitrogen and oxygen atoms in total. The van der Waals surface area contributed by atoms with Crippen LogP contribution in [0.15, 0.2) is 42.6 Å². The van der Waals surface area contributed by atoms with Gasteiger partial charge in [0.2, 0.25) is 11.8 Å². The second-order valence-corrected chi connectivity index (χ2v) is 11.7. The molecule has 4 heterocycles. The molecule has 2 aromatic carbocycles. The number of H-pyrrole nitrogens is 1. The summed E-state index contributed by atoms with van der Waals surface area (Å²) in [6, 6.07) is 10.6. The van der Waals surface area contributed by atoms with Gasteiger partial charge in [-0.1, -0.05) is 30.2 Å². The zero-order chi connectivity index (χ0) is 30.1. The average Bonchev–Trinajstić information content (AvgIpc) is 3.47. The third-order valence-electron chi connectivity index (χ3n) is 8.36. The number of likely N-dealkylation sites (tertiary alicyclic amines) is 1. The van der Waals surface area contributed by atoms with Crippen LogP contribution in [-0.4, -0.2) is 58.9 Å². The second-order valence-electron chi connectivity index (χ2n) is 11.2. The molecule has 0 saturated carbocycles. The number of rotatable bonds is 3. The number of aromatic nitrogens is 2. The molecule has 12 heteroatoms. The number of ether oxygens (including phenoxy) is 2. The van der Waals surface area contributed by atoms with Crippen LogP contribution in [0, 0.1) is 0 Å². The Kier molecular flexibility index (Phi) is 7.83. The molecule has 0 unspecified atom stereocenters. The number of carbonyl (C=O) groups excluding carboxylic acids is 4. The van der Waals surface area contributed by atoms with Gasteiger partial charge in [0.15, 0.2) is 5.60 Å². The highest BCUT2D eigenvalue weighted by Gasteiger charge is 2.47. The van der Waals surface area contributed by atoms with Crippen LogP contribution in [0.25, 0.3) is 11.3 Å². The molecule has 2 atom stereocenters. The van der Waals surface area contributed by atoms with Crippen molar-refractivity contribution in [2.24, 2.45) is 0 Å². The first-order chi connectivity index (χ1) is 20.7. The maximum Gasteiger partial charge on any atom is 0.412 e. The third-order valence-corrected chi connectivity index (χ3v) is 8.59. The van der Waals surface area contributed by atoms with Crippen molar-refractivity contribution in [1.29, 1.82) is 0 Å². The average molecular weight is 606 g/mol. The summed E-state index contributed by atoms with van der Waals surface area (Å²) < 4.78 is 10.7. The fraction of sp³-hybridized carbons (Fsp3) is 0.387. The van der Waals surface area contributed by atoms with Crippen molar-refractivity contribution in [3.63, 3.8) is 0 Å². The van der Waals surface area contributed by atoms with Crippen molar-refractivity contribution in [3.8, 4) is 11.3 Å². The minimum Gasteiger partial charge on any atom is -0.469 e. The first-order valence-electron chi connectivity index (χ1n) is 14.4. The second kappa shape index (κ2) is 11.7. The Balaban J connectivity index is 1.31. The standard InChI is InChI=1S/C31H32ClN5O6/c1-42-27(39)14-18-7-9-20-24(13-18)34-26(38)6-3-2-5-21(28-33-16-25(20)35-28)29(40)37-12-4-11-31(17-37)22-15-19(32)8-10-23(22)36-30(41)43-31/h7-10,13,15-16,21H,2-6,11-12,14,17H2,1H3,(H,33,35)(H,34,38)(H,36,41)/t21-,31-/m0/s1. The van der Waals surface area contributed by atoms with Crippen LogP contribution < -0.4 is 10.6 Å². The lowest BCUT2D eigenvalue weighted by atomic mass is 9.83. The highest BCUT2D eigenvalue weighted by atomic mass is 35.5.